The molecule has 0 N–H and O–H groups in total. The molecule has 1 heterocycles. The van der Waals surface area contributed by atoms with E-state index in [-0.39, 0.29) is 18.0 Å². The molecule has 0 radical (unpaired) electrons. The van der Waals surface area contributed by atoms with E-state index in [0.29, 0.717) is 28.3 Å². The number of imide groups is 2. The molecule has 1 fully saturated rings. The number of para-hydroxylation sites is 3. The number of hydrogen-bond donors (Lipinski definition) is 0. The van der Waals surface area contributed by atoms with Gasteiger partial charge >= 0.3 is 6.03 Å². The quantitative estimate of drug-likeness (QED) is 0.245. The van der Waals surface area contributed by atoms with Crippen molar-refractivity contribution in [2.45, 2.75) is 6.61 Å². The van der Waals surface area contributed by atoms with Crippen LogP contribution in [-0.4, -0.2) is 17.8 Å². The summed E-state index contributed by atoms with van der Waals surface area (Å²) in [5.41, 5.74) is 1.57. The van der Waals surface area contributed by atoms with Crippen LogP contribution in [0.2, 0.25) is 0 Å². The van der Waals surface area contributed by atoms with Crippen molar-refractivity contribution < 1.29 is 23.5 Å². The first kappa shape index (κ1) is 23.7. The molecule has 1 aliphatic rings. The Bertz CT molecular complexity index is 1440. The second-order valence-corrected chi connectivity index (χ2v) is 8.25. The summed E-state index contributed by atoms with van der Waals surface area (Å²) < 4.78 is 19.5. The van der Waals surface area contributed by atoms with E-state index in [0.717, 1.165) is 9.80 Å². The molecule has 0 unspecified atom stereocenters. The third-order valence-electron chi connectivity index (χ3n) is 5.78. The van der Waals surface area contributed by atoms with Crippen LogP contribution in [-0.2, 0) is 16.2 Å². The number of rotatable bonds is 6. The highest BCUT2D eigenvalue weighted by Gasteiger charge is 2.43. The fourth-order valence-electron chi connectivity index (χ4n) is 4.01. The van der Waals surface area contributed by atoms with Crippen LogP contribution in [0, 0.1) is 5.82 Å². The third kappa shape index (κ3) is 4.88. The highest BCUT2D eigenvalue weighted by molar-refractivity contribution is 6.46. The zero-order valence-electron chi connectivity index (χ0n) is 19.6. The zero-order valence-corrected chi connectivity index (χ0v) is 19.6. The van der Waals surface area contributed by atoms with Crippen LogP contribution in [0.3, 0.4) is 0 Å². The summed E-state index contributed by atoms with van der Waals surface area (Å²) in [6.45, 7) is 0.0879. The standard InChI is InChI=1S/C30H21FN2O4/c31-23-12-9-10-21(18-23)20-37-27-17-8-7-11-22(27)19-26-28(34)32(24-13-3-1-4-14-24)30(36)33(29(26)35)25-15-5-2-6-16-25/h1-19H,20H2. The lowest BCUT2D eigenvalue weighted by Crippen LogP contribution is -2.57. The summed E-state index contributed by atoms with van der Waals surface area (Å²) in [4.78, 5) is 42.5. The van der Waals surface area contributed by atoms with Crippen LogP contribution in [0.1, 0.15) is 11.1 Å². The zero-order chi connectivity index (χ0) is 25.8. The Balaban J connectivity index is 1.55. The molecule has 182 valence electrons. The Morgan fingerprint density at radius 2 is 1.24 bits per heavy atom. The van der Waals surface area contributed by atoms with Crippen LogP contribution < -0.4 is 14.5 Å². The number of amides is 4. The average molecular weight is 493 g/mol. The molecule has 0 spiro atoms. The van der Waals surface area contributed by atoms with Crippen molar-refractivity contribution in [3.8, 4) is 5.75 Å². The van der Waals surface area contributed by atoms with Gasteiger partial charge in [-0.2, -0.15) is 0 Å². The van der Waals surface area contributed by atoms with E-state index in [1.807, 2.05) is 0 Å². The first-order chi connectivity index (χ1) is 18.0. The highest BCUT2D eigenvalue weighted by atomic mass is 19.1. The van der Waals surface area contributed by atoms with Gasteiger partial charge in [0.1, 0.15) is 23.7 Å². The number of carbonyl (C=O) groups excluding carboxylic acids is 3. The van der Waals surface area contributed by atoms with E-state index < -0.39 is 17.8 Å². The van der Waals surface area contributed by atoms with Crippen molar-refractivity contribution >= 4 is 35.3 Å². The SMILES string of the molecule is O=C1C(=Cc2ccccc2OCc2cccc(F)c2)C(=O)N(c2ccccc2)C(=O)N1c1ccccc1. The molecule has 0 atom stereocenters. The summed E-state index contributed by atoms with van der Waals surface area (Å²) >= 11 is 0. The minimum absolute atomic E-state index is 0.0879. The van der Waals surface area contributed by atoms with Crippen LogP contribution in [0.25, 0.3) is 6.08 Å². The van der Waals surface area contributed by atoms with E-state index >= 15 is 0 Å². The molecule has 4 aromatic carbocycles. The maximum Gasteiger partial charge on any atom is 0.343 e. The predicted octanol–water partition coefficient (Wildman–Crippen LogP) is 5.99. The molecule has 0 aliphatic carbocycles. The second kappa shape index (κ2) is 10.3. The molecule has 0 aromatic heterocycles. The monoisotopic (exact) mass is 492 g/mol. The highest BCUT2D eigenvalue weighted by Crippen LogP contribution is 2.31. The molecular weight excluding hydrogens is 471 g/mol. The maximum atomic E-state index is 13.6. The van der Waals surface area contributed by atoms with Crippen molar-refractivity contribution in [3.63, 3.8) is 0 Å². The Morgan fingerprint density at radius 1 is 0.676 bits per heavy atom. The molecule has 1 aliphatic heterocycles. The van der Waals surface area contributed by atoms with E-state index in [2.05, 4.69) is 0 Å². The van der Waals surface area contributed by atoms with Crippen molar-refractivity contribution in [3.05, 3.63) is 132 Å². The Hall–Kier alpha value is -5.04. The average Bonchev–Trinajstić information content (AvgIpc) is 2.92. The van der Waals surface area contributed by atoms with E-state index in [1.54, 1.807) is 97.1 Å². The number of barbiturate groups is 1. The van der Waals surface area contributed by atoms with Crippen LogP contribution in [0.15, 0.2) is 115 Å². The van der Waals surface area contributed by atoms with Crippen molar-refractivity contribution in [1.29, 1.82) is 0 Å². The lowest BCUT2D eigenvalue weighted by Gasteiger charge is -2.34. The van der Waals surface area contributed by atoms with Gasteiger partial charge in [0, 0.05) is 5.56 Å². The van der Waals surface area contributed by atoms with Gasteiger partial charge < -0.3 is 4.74 Å². The number of hydrogen-bond acceptors (Lipinski definition) is 4. The molecule has 1 saturated heterocycles. The van der Waals surface area contributed by atoms with Gasteiger partial charge in [-0.1, -0.05) is 66.7 Å². The smallest absolute Gasteiger partial charge is 0.343 e. The van der Waals surface area contributed by atoms with Crippen molar-refractivity contribution in [2.24, 2.45) is 0 Å². The number of urea groups is 1. The van der Waals surface area contributed by atoms with Gasteiger partial charge in [0.2, 0.25) is 0 Å². The minimum atomic E-state index is -0.764. The molecule has 0 saturated carbocycles. The number of anilines is 2. The summed E-state index contributed by atoms with van der Waals surface area (Å²) in [6.07, 6.45) is 1.42. The first-order valence-corrected chi connectivity index (χ1v) is 11.5. The number of carbonyl (C=O) groups is 3. The Kier molecular flexibility index (Phi) is 6.59. The molecule has 4 amide bonds. The van der Waals surface area contributed by atoms with Gasteiger partial charge in [-0.25, -0.2) is 19.0 Å². The molecule has 7 heteroatoms. The van der Waals surface area contributed by atoms with Gasteiger partial charge in [-0.05, 0) is 54.1 Å². The topological polar surface area (TPSA) is 66.9 Å². The Labute approximate surface area is 212 Å². The van der Waals surface area contributed by atoms with Crippen LogP contribution in [0.4, 0.5) is 20.6 Å². The van der Waals surface area contributed by atoms with Gasteiger partial charge in [-0.15, -0.1) is 0 Å². The Morgan fingerprint density at radius 3 is 1.84 bits per heavy atom. The molecule has 5 rings (SSSR count). The maximum absolute atomic E-state index is 13.6. The molecule has 0 bridgehead atoms. The molecule has 6 nitrogen and oxygen atoms in total. The molecule has 37 heavy (non-hydrogen) atoms. The van der Waals surface area contributed by atoms with E-state index in [1.165, 1.54) is 18.2 Å². The lowest BCUT2D eigenvalue weighted by molar-refractivity contribution is -0.121. The van der Waals surface area contributed by atoms with Crippen LogP contribution in [0.5, 0.6) is 5.75 Å². The number of benzene rings is 4. The fourth-order valence-corrected chi connectivity index (χ4v) is 4.01. The van der Waals surface area contributed by atoms with Gasteiger partial charge in [0.05, 0.1) is 11.4 Å². The summed E-state index contributed by atoms with van der Waals surface area (Å²) in [5, 5.41) is 0. The second-order valence-electron chi connectivity index (χ2n) is 8.25. The van der Waals surface area contributed by atoms with Crippen LogP contribution >= 0.6 is 0 Å². The van der Waals surface area contributed by atoms with Gasteiger partial charge in [0.15, 0.2) is 0 Å². The normalized spacial score (nSPS) is 13.6. The van der Waals surface area contributed by atoms with E-state index in [9.17, 15) is 18.8 Å². The summed E-state index contributed by atoms with van der Waals surface area (Å²) in [7, 11) is 0. The minimum Gasteiger partial charge on any atom is -0.488 e. The molecular formula is C30H21FN2O4. The summed E-state index contributed by atoms with van der Waals surface area (Å²) in [6, 6.07) is 29.0. The number of ether oxygens (including phenoxy) is 1. The predicted molar refractivity (Wildman–Crippen MR) is 138 cm³/mol. The first-order valence-electron chi connectivity index (χ1n) is 11.5. The summed E-state index contributed by atoms with van der Waals surface area (Å²) in [5.74, 6) is -1.46. The number of halogens is 1. The van der Waals surface area contributed by atoms with Crippen molar-refractivity contribution in [2.75, 3.05) is 9.80 Å². The largest absolute Gasteiger partial charge is 0.488 e. The molecule has 4 aromatic rings. The fraction of sp³-hybridized carbons (Fsp3) is 0.0333. The number of nitrogens with zero attached hydrogens (tertiary/aromatic N) is 2. The van der Waals surface area contributed by atoms with Crippen molar-refractivity contribution in [1.82, 2.24) is 0 Å². The third-order valence-corrected chi connectivity index (χ3v) is 5.78. The van der Waals surface area contributed by atoms with Gasteiger partial charge in [-0.3, -0.25) is 9.59 Å². The van der Waals surface area contributed by atoms with E-state index in [4.69, 9.17) is 4.74 Å². The van der Waals surface area contributed by atoms with Gasteiger partial charge in [0.25, 0.3) is 11.8 Å². The lowest BCUT2D eigenvalue weighted by atomic mass is 10.0.